The van der Waals surface area contributed by atoms with Gasteiger partial charge in [0.1, 0.15) is 0 Å². The van der Waals surface area contributed by atoms with Gasteiger partial charge in [0.15, 0.2) is 0 Å². The van der Waals surface area contributed by atoms with E-state index in [4.69, 9.17) is 0 Å². The summed E-state index contributed by atoms with van der Waals surface area (Å²) in [5.74, 6) is 0.993. The van der Waals surface area contributed by atoms with Crippen molar-refractivity contribution in [2.75, 3.05) is 17.6 Å². The van der Waals surface area contributed by atoms with Gasteiger partial charge in [0.2, 0.25) is 0 Å². The molecule has 21 heavy (non-hydrogen) atoms. The normalized spacial score (nSPS) is 16.3. The van der Waals surface area contributed by atoms with E-state index in [1.807, 2.05) is 43.0 Å². The number of hydrogen-bond donors (Lipinski definition) is 2. The minimum Gasteiger partial charge on any atom is -0.377 e. The lowest BCUT2D eigenvalue weighted by molar-refractivity contribution is 0.0956. The van der Waals surface area contributed by atoms with Crippen LogP contribution in [0.25, 0.3) is 0 Å². The molecule has 3 nitrogen and oxygen atoms in total. The molecule has 108 valence electrons. The van der Waals surface area contributed by atoms with Crippen molar-refractivity contribution in [2.24, 2.45) is 0 Å². The second-order valence-corrected chi connectivity index (χ2v) is 6.05. The van der Waals surface area contributed by atoms with E-state index < -0.39 is 0 Å². The van der Waals surface area contributed by atoms with E-state index in [2.05, 4.69) is 34.9 Å². The Kier molecular flexibility index (Phi) is 4.15. The topological polar surface area (TPSA) is 41.1 Å². The molecule has 0 saturated heterocycles. The van der Waals surface area contributed by atoms with E-state index in [1.54, 1.807) is 0 Å². The van der Waals surface area contributed by atoms with Crippen LogP contribution in [0.2, 0.25) is 0 Å². The first-order chi connectivity index (χ1) is 10.3. The predicted octanol–water partition coefficient (Wildman–Crippen LogP) is 3.70. The average molecular weight is 298 g/mol. The second-order valence-electron chi connectivity index (χ2n) is 4.99. The summed E-state index contributed by atoms with van der Waals surface area (Å²) in [5, 5.41) is 6.36. The van der Waals surface area contributed by atoms with Crippen molar-refractivity contribution < 1.29 is 4.79 Å². The van der Waals surface area contributed by atoms with Crippen molar-refractivity contribution in [3.63, 3.8) is 0 Å². The zero-order valence-corrected chi connectivity index (χ0v) is 12.7. The van der Waals surface area contributed by atoms with Crippen molar-refractivity contribution in [1.29, 1.82) is 0 Å². The fourth-order valence-electron chi connectivity index (χ4n) is 2.50. The number of rotatable bonds is 4. The molecule has 0 bridgehead atoms. The summed E-state index contributed by atoms with van der Waals surface area (Å²) in [6, 6.07) is 16.5. The maximum atomic E-state index is 11.9. The first-order valence-electron chi connectivity index (χ1n) is 7.14. The highest BCUT2D eigenvalue weighted by atomic mass is 32.2. The van der Waals surface area contributed by atoms with Crippen LogP contribution in [0.5, 0.6) is 0 Å². The van der Waals surface area contributed by atoms with Gasteiger partial charge in [-0.25, -0.2) is 0 Å². The standard InChI is InChI=1S/C17H18N2OS/c1-2-18-17(20)12-6-5-7-13(10-12)19-15-11-21-16-9-4-3-8-14(15)16/h3-10,15,19H,2,11H2,1H3,(H,18,20). The zero-order valence-electron chi connectivity index (χ0n) is 11.9. The Balaban J connectivity index is 1.77. The summed E-state index contributed by atoms with van der Waals surface area (Å²) < 4.78 is 0. The molecule has 1 heterocycles. The largest absolute Gasteiger partial charge is 0.377 e. The summed E-state index contributed by atoms with van der Waals surface area (Å²) in [6.07, 6.45) is 0. The molecule has 2 aromatic carbocycles. The number of hydrogen-bond acceptors (Lipinski definition) is 3. The first kappa shape index (κ1) is 14.0. The fraction of sp³-hybridized carbons (Fsp3) is 0.235. The lowest BCUT2D eigenvalue weighted by Gasteiger charge is -2.15. The van der Waals surface area contributed by atoms with Gasteiger partial charge in [-0.1, -0.05) is 24.3 Å². The molecule has 2 aromatic rings. The van der Waals surface area contributed by atoms with Crippen molar-refractivity contribution in [2.45, 2.75) is 17.9 Å². The van der Waals surface area contributed by atoms with Crippen LogP contribution in [0.4, 0.5) is 5.69 Å². The van der Waals surface area contributed by atoms with Gasteiger partial charge in [-0.3, -0.25) is 4.79 Å². The van der Waals surface area contributed by atoms with Gasteiger partial charge in [0.25, 0.3) is 5.91 Å². The molecule has 1 aliphatic rings. The molecule has 0 spiro atoms. The molecule has 3 rings (SSSR count). The van der Waals surface area contributed by atoms with Crippen molar-refractivity contribution >= 4 is 23.4 Å². The molecule has 0 saturated carbocycles. The lowest BCUT2D eigenvalue weighted by Crippen LogP contribution is -2.22. The number of carbonyl (C=O) groups excluding carboxylic acids is 1. The van der Waals surface area contributed by atoms with Crippen molar-refractivity contribution in [1.82, 2.24) is 5.32 Å². The van der Waals surface area contributed by atoms with Gasteiger partial charge in [-0.2, -0.15) is 0 Å². The van der Waals surface area contributed by atoms with Crippen LogP contribution >= 0.6 is 11.8 Å². The molecule has 1 amide bonds. The van der Waals surface area contributed by atoms with Crippen LogP contribution in [0.15, 0.2) is 53.4 Å². The predicted molar refractivity (Wildman–Crippen MR) is 88.0 cm³/mol. The highest BCUT2D eigenvalue weighted by Crippen LogP contribution is 2.39. The van der Waals surface area contributed by atoms with E-state index in [9.17, 15) is 4.79 Å². The number of anilines is 1. The van der Waals surface area contributed by atoms with Gasteiger partial charge in [0, 0.05) is 28.4 Å². The monoisotopic (exact) mass is 298 g/mol. The number of thioether (sulfide) groups is 1. The van der Waals surface area contributed by atoms with Crippen molar-refractivity contribution in [3.05, 3.63) is 59.7 Å². The molecule has 1 aliphatic heterocycles. The number of amides is 1. The van der Waals surface area contributed by atoms with E-state index >= 15 is 0 Å². The number of benzene rings is 2. The maximum Gasteiger partial charge on any atom is 0.251 e. The quantitative estimate of drug-likeness (QED) is 0.904. The van der Waals surface area contributed by atoms with Crippen molar-refractivity contribution in [3.8, 4) is 0 Å². The molecule has 0 radical (unpaired) electrons. The molecular weight excluding hydrogens is 280 g/mol. The van der Waals surface area contributed by atoms with Crippen LogP contribution in [0.1, 0.15) is 28.9 Å². The zero-order chi connectivity index (χ0) is 14.7. The summed E-state index contributed by atoms with van der Waals surface area (Å²) in [5.41, 5.74) is 3.02. The SMILES string of the molecule is CCNC(=O)c1cccc(NC2CSc3ccccc32)c1. The summed E-state index contributed by atoms with van der Waals surface area (Å²) >= 11 is 1.87. The third-order valence-corrected chi connectivity index (χ3v) is 4.69. The van der Waals surface area contributed by atoms with E-state index in [1.165, 1.54) is 10.5 Å². The Morgan fingerprint density at radius 1 is 1.24 bits per heavy atom. The Hall–Kier alpha value is -1.94. The molecule has 2 N–H and O–H groups in total. The third-order valence-electron chi connectivity index (χ3n) is 3.50. The van der Waals surface area contributed by atoms with Gasteiger partial charge in [-0.15, -0.1) is 11.8 Å². The fourth-order valence-corrected chi connectivity index (χ4v) is 3.66. The van der Waals surface area contributed by atoms with Crippen LogP contribution < -0.4 is 10.6 Å². The Bertz CT molecular complexity index is 657. The van der Waals surface area contributed by atoms with Gasteiger partial charge in [0.05, 0.1) is 6.04 Å². The maximum absolute atomic E-state index is 11.9. The molecule has 1 unspecified atom stereocenters. The van der Waals surface area contributed by atoms with E-state index in [-0.39, 0.29) is 5.91 Å². The smallest absolute Gasteiger partial charge is 0.251 e. The lowest BCUT2D eigenvalue weighted by atomic mass is 10.1. The number of nitrogens with one attached hydrogen (secondary N) is 2. The van der Waals surface area contributed by atoms with Gasteiger partial charge >= 0.3 is 0 Å². The van der Waals surface area contributed by atoms with Crippen LogP contribution in [-0.4, -0.2) is 18.2 Å². The van der Waals surface area contributed by atoms with E-state index in [0.717, 1.165) is 11.4 Å². The average Bonchev–Trinajstić information content (AvgIpc) is 2.91. The van der Waals surface area contributed by atoms with Crippen LogP contribution in [0, 0.1) is 0 Å². The van der Waals surface area contributed by atoms with Crippen LogP contribution in [0.3, 0.4) is 0 Å². The molecular formula is C17H18N2OS. The Morgan fingerprint density at radius 2 is 2.10 bits per heavy atom. The Labute approximate surface area is 129 Å². The highest BCUT2D eigenvalue weighted by Gasteiger charge is 2.22. The molecule has 0 aromatic heterocycles. The minimum absolute atomic E-state index is 0.0256. The van der Waals surface area contributed by atoms with E-state index in [0.29, 0.717) is 18.2 Å². The van der Waals surface area contributed by atoms with Crippen LogP contribution in [-0.2, 0) is 0 Å². The Morgan fingerprint density at radius 3 is 2.95 bits per heavy atom. The molecule has 1 atom stereocenters. The molecule has 0 aliphatic carbocycles. The minimum atomic E-state index is -0.0256. The summed E-state index contributed by atoms with van der Waals surface area (Å²) in [7, 11) is 0. The number of carbonyl (C=O) groups is 1. The van der Waals surface area contributed by atoms with Gasteiger partial charge < -0.3 is 10.6 Å². The first-order valence-corrected chi connectivity index (χ1v) is 8.13. The highest BCUT2D eigenvalue weighted by molar-refractivity contribution is 7.99. The summed E-state index contributed by atoms with van der Waals surface area (Å²) in [4.78, 5) is 13.2. The molecule has 0 fully saturated rings. The summed E-state index contributed by atoms with van der Waals surface area (Å²) in [6.45, 7) is 2.57. The third kappa shape index (κ3) is 3.05. The second kappa shape index (κ2) is 6.22. The van der Waals surface area contributed by atoms with Gasteiger partial charge in [-0.05, 0) is 36.8 Å². The molecule has 4 heteroatoms. The number of fused-ring (bicyclic) bond motifs is 1.